The van der Waals surface area contributed by atoms with E-state index in [2.05, 4.69) is 38.0 Å². The predicted octanol–water partition coefficient (Wildman–Crippen LogP) is 7.77. The van der Waals surface area contributed by atoms with E-state index < -0.39 is 31.4 Å². The molecule has 0 saturated carbocycles. The molecule has 0 unspecified atom stereocenters. The minimum Gasteiger partial charge on any atom is -0.489 e. The van der Waals surface area contributed by atoms with Crippen LogP contribution in [0.15, 0.2) is 120 Å². The van der Waals surface area contributed by atoms with E-state index in [4.69, 9.17) is 21.1 Å². The minimum atomic E-state index is -4.50. The van der Waals surface area contributed by atoms with Gasteiger partial charge in [-0.25, -0.2) is 13.1 Å². The maximum absolute atomic E-state index is 13.8. The highest BCUT2D eigenvalue weighted by atomic mass is 35.5. The first-order valence-electron chi connectivity index (χ1n) is 18.9. The van der Waals surface area contributed by atoms with E-state index in [-0.39, 0.29) is 23.8 Å². The third kappa shape index (κ3) is 10.1. The summed E-state index contributed by atoms with van der Waals surface area (Å²) in [5, 5.41) is 15.8. The molecule has 0 atom stereocenters. The second kappa shape index (κ2) is 18.2. The van der Waals surface area contributed by atoms with Gasteiger partial charge < -0.3 is 19.7 Å². The van der Waals surface area contributed by atoms with E-state index in [0.717, 1.165) is 62.9 Å². The topological polar surface area (TPSA) is 143 Å². The van der Waals surface area contributed by atoms with E-state index in [1.54, 1.807) is 18.2 Å². The Kier molecular flexibility index (Phi) is 12.7. The van der Waals surface area contributed by atoms with Gasteiger partial charge in [0.15, 0.2) is 0 Å². The molecule has 5 aromatic rings. The highest BCUT2D eigenvalue weighted by Gasteiger charge is 2.27. The number of nitrogens with zero attached hydrogens (tertiary/aromatic N) is 3. The third-order valence-electron chi connectivity index (χ3n) is 10.4. The van der Waals surface area contributed by atoms with Crippen molar-refractivity contribution >= 4 is 44.6 Å². The van der Waals surface area contributed by atoms with Crippen LogP contribution in [0.4, 0.5) is 17.1 Å². The number of benzene rings is 5. The van der Waals surface area contributed by atoms with Gasteiger partial charge >= 0.3 is 0 Å². The molecular weight excluding hydrogens is 766 g/mol. The summed E-state index contributed by atoms with van der Waals surface area (Å²) in [7, 11) is -4.50. The molecule has 12 nitrogen and oxygen atoms in total. The van der Waals surface area contributed by atoms with Crippen LogP contribution in [0, 0.1) is 16.0 Å². The van der Waals surface area contributed by atoms with Crippen LogP contribution in [0.25, 0.3) is 11.1 Å². The fourth-order valence-electron chi connectivity index (χ4n) is 7.19. The van der Waals surface area contributed by atoms with Gasteiger partial charge in [0.05, 0.1) is 9.82 Å². The first-order chi connectivity index (χ1) is 27.6. The summed E-state index contributed by atoms with van der Waals surface area (Å²) < 4.78 is 40.7. The lowest BCUT2D eigenvalue weighted by atomic mass is 9.99. The van der Waals surface area contributed by atoms with Gasteiger partial charge in [0.2, 0.25) is 0 Å². The molecule has 0 spiro atoms. The van der Waals surface area contributed by atoms with Crippen LogP contribution in [0.2, 0.25) is 5.02 Å². The van der Waals surface area contributed by atoms with Crippen molar-refractivity contribution in [3.63, 3.8) is 0 Å². The summed E-state index contributed by atoms with van der Waals surface area (Å²) in [4.78, 5) is 29.4. The average Bonchev–Trinajstić information content (AvgIpc) is 3.23. The lowest BCUT2D eigenvalue weighted by Crippen LogP contribution is -2.46. The molecule has 0 aromatic heterocycles. The maximum atomic E-state index is 13.8. The molecule has 14 heteroatoms. The van der Waals surface area contributed by atoms with Gasteiger partial charge in [0.1, 0.15) is 18.0 Å². The SMILES string of the molecule is O=C(NS(=O)(=O)c1ccc(NCC2CCOCC2)c([N+](=O)[O-])c1)c1ccc(N2CCN(Cc3ccccc3-c3ccc(Cl)cc3)CC2)cc1COc1ccccc1. The fourth-order valence-corrected chi connectivity index (χ4v) is 8.30. The molecule has 2 N–H and O–H groups in total. The smallest absolute Gasteiger partial charge is 0.293 e. The standard InChI is InChI=1S/C43H44ClN5O7S/c44-35-12-10-32(11-13-35)39-9-5-4-6-33(39)29-47-20-22-48(23-21-47)36-14-16-40(34(26-36)30-56-37-7-2-1-3-8-37)43(50)46-57(53,54)38-15-17-41(42(27-38)49(51)52)45-28-31-18-24-55-25-19-31/h1-17,26-27,31,45H,18-25,28-30H2,(H,46,50). The van der Waals surface area contributed by atoms with Crippen LogP contribution < -0.4 is 19.7 Å². The molecule has 0 bridgehead atoms. The monoisotopic (exact) mass is 809 g/mol. The Morgan fingerprint density at radius 2 is 1.58 bits per heavy atom. The van der Waals surface area contributed by atoms with Gasteiger partial charge in [-0.05, 0) is 90.0 Å². The Morgan fingerprint density at radius 3 is 2.32 bits per heavy atom. The number of nitro benzene ring substituents is 1. The number of nitro groups is 1. The Labute approximate surface area is 337 Å². The van der Waals surface area contributed by atoms with Crippen molar-refractivity contribution < 1.29 is 27.6 Å². The summed E-state index contributed by atoms with van der Waals surface area (Å²) in [6.45, 7) is 5.63. The summed E-state index contributed by atoms with van der Waals surface area (Å²) in [6, 6.07) is 34.3. The largest absolute Gasteiger partial charge is 0.489 e. The summed E-state index contributed by atoms with van der Waals surface area (Å²) in [5.74, 6) is 0.000511. The molecule has 7 rings (SSSR count). The van der Waals surface area contributed by atoms with Crippen LogP contribution in [-0.4, -0.2) is 70.1 Å². The summed E-state index contributed by atoms with van der Waals surface area (Å²) >= 11 is 6.14. The fraction of sp³-hybridized carbons (Fsp3) is 0.279. The van der Waals surface area contributed by atoms with Crippen molar-refractivity contribution in [1.82, 2.24) is 9.62 Å². The van der Waals surface area contributed by atoms with Crippen molar-refractivity contribution in [2.24, 2.45) is 5.92 Å². The number of para-hydroxylation sites is 1. The minimum absolute atomic E-state index is 0.00105. The number of carbonyl (C=O) groups is 1. The lowest BCUT2D eigenvalue weighted by Gasteiger charge is -2.36. The average molecular weight is 810 g/mol. The lowest BCUT2D eigenvalue weighted by molar-refractivity contribution is -0.384. The molecule has 296 valence electrons. The Bertz CT molecular complexity index is 2300. The van der Waals surface area contributed by atoms with Gasteiger partial charge in [-0.2, -0.15) is 0 Å². The number of carbonyl (C=O) groups excluding carboxylic acids is 1. The number of piperazine rings is 1. The number of hydrogen-bond acceptors (Lipinski definition) is 10. The summed E-state index contributed by atoms with van der Waals surface area (Å²) in [5.41, 5.74) is 4.80. The van der Waals surface area contributed by atoms with Gasteiger partial charge in [-0.15, -0.1) is 0 Å². The van der Waals surface area contributed by atoms with Crippen LogP contribution in [0.3, 0.4) is 0 Å². The second-order valence-electron chi connectivity index (χ2n) is 14.2. The van der Waals surface area contributed by atoms with E-state index in [1.807, 2.05) is 60.7 Å². The van der Waals surface area contributed by atoms with Gasteiger partial charge in [-0.3, -0.25) is 19.8 Å². The quantitative estimate of drug-likeness (QED) is 0.0844. The zero-order valence-electron chi connectivity index (χ0n) is 31.3. The highest BCUT2D eigenvalue weighted by molar-refractivity contribution is 7.90. The maximum Gasteiger partial charge on any atom is 0.293 e. The first kappa shape index (κ1) is 39.8. The van der Waals surface area contributed by atoms with E-state index in [1.165, 1.54) is 23.3 Å². The Hall–Kier alpha value is -5.47. The molecular formula is C43H44ClN5O7S. The van der Waals surface area contributed by atoms with Crippen molar-refractivity contribution in [2.75, 3.05) is 56.2 Å². The van der Waals surface area contributed by atoms with Crippen LogP contribution in [0.5, 0.6) is 5.75 Å². The molecule has 2 heterocycles. The molecule has 0 radical (unpaired) electrons. The van der Waals surface area contributed by atoms with E-state index in [9.17, 15) is 23.3 Å². The zero-order valence-corrected chi connectivity index (χ0v) is 32.9. The number of rotatable bonds is 14. The number of hydrogen-bond donors (Lipinski definition) is 2. The highest BCUT2D eigenvalue weighted by Crippen LogP contribution is 2.31. The predicted molar refractivity (Wildman–Crippen MR) is 221 cm³/mol. The van der Waals surface area contributed by atoms with Gasteiger partial charge in [-0.1, -0.05) is 66.2 Å². The first-order valence-corrected chi connectivity index (χ1v) is 20.8. The Morgan fingerprint density at radius 1 is 0.860 bits per heavy atom. The van der Waals surface area contributed by atoms with Crippen LogP contribution >= 0.6 is 11.6 Å². The number of anilines is 2. The summed E-state index contributed by atoms with van der Waals surface area (Å²) in [6.07, 6.45) is 1.66. The van der Waals surface area contributed by atoms with Crippen molar-refractivity contribution in [2.45, 2.75) is 30.9 Å². The zero-order chi connectivity index (χ0) is 39.8. The molecule has 2 aliphatic rings. The second-order valence-corrected chi connectivity index (χ2v) is 16.3. The van der Waals surface area contributed by atoms with Crippen LogP contribution in [0.1, 0.15) is 34.3 Å². The van der Waals surface area contributed by atoms with Crippen LogP contribution in [-0.2, 0) is 27.9 Å². The number of halogens is 1. The normalized spacial score (nSPS) is 15.2. The Balaban J connectivity index is 1.06. The molecule has 5 aromatic carbocycles. The molecule has 57 heavy (non-hydrogen) atoms. The van der Waals surface area contributed by atoms with E-state index >= 15 is 0 Å². The molecule has 2 fully saturated rings. The molecule has 1 amide bonds. The van der Waals surface area contributed by atoms with Crippen molar-refractivity contribution in [3.8, 4) is 16.9 Å². The van der Waals surface area contributed by atoms with Crippen molar-refractivity contribution in [3.05, 3.63) is 147 Å². The number of ether oxygens (including phenoxy) is 2. The van der Waals surface area contributed by atoms with E-state index in [0.29, 0.717) is 36.1 Å². The number of amides is 1. The molecule has 0 aliphatic carbocycles. The van der Waals surface area contributed by atoms with Gasteiger partial charge in [0.25, 0.3) is 21.6 Å². The van der Waals surface area contributed by atoms with Gasteiger partial charge in [0, 0.05) is 80.4 Å². The third-order valence-corrected chi connectivity index (χ3v) is 12.0. The van der Waals surface area contributed by atoms with Crippen molar-refractivity contribution in [1.29, 1.82) is 0 Å². The number of sulfonamides is 1. The molecule has 2 aliphatic heterocycles. The molecule has 2 saturated heterocycles. The number of nitrogens with one attached hydrogen (secondary N) is 2.